The van der Waals surface area contributed by atoms with Crippen LogP contribution in [0.4, 0.5) is 0 Å². The van der Waals surface area contributed by atoms with Crippen LogP contribution in [0.15, 0.2) is 39.3 Å². The summed E-state index contributed by atoms with van der Waals surface area (Å²) < 4.78 is 7.04. The van der Waals surface area contributed by atoms with E-state index < -0.39 is 30.0 Å². The monoisotopic (exact) mass is 429 g/mol. The summed E-state index contributed by atoms with van der Waals surface area (Å²) in [5, 5.41) is 12.2. The first-order valence-corrected chi connectivity index (χ1v) is 8.34. The highest BCUT2D eigenvalue weighted by molar-refractivity contribution is 9.14. The van der Waals surface area contributed by atoms with E-state index in [0.717, 1.165) is 10.0 Å². The van der Waals surface area contributed by atoms with E-state index in [4.69, 9.17) is 4.74 Å². The van der Waals surface area contributed by atoms with Crippen LogP contribution in [0, 0.1) is 11.8 Å². The van der Waals surface area contributed by atoms with Gasteiger partial charge in [-0.2, -0.15) is 0 Å². The lowest BCUT2D eigenvalue weighted by Gasteiger charge is -2.24. The zero-order chi connectivity index (χ0) is 15.9. The standard InChI is InChI=1S/C15H13Br2NO4/c16-10-11(17)13-9(15(20)21)8(12(10)22-13)14(19)18-6-7-4-2-1-3-5-7/h1-5,8-9,12-13H,6H2,(H,18,19)(H,20,21)/t8-,9-,12+,13+/m0/s1. The molecule has 5 nitrogen and oxygen atoms in total. The SMILES string of the molecule is O=C(O)[C@H]1[C@H](C(=O)NCc2ccccc2)[C@H]2O[C@H]1C(Br)=C2Br. The van der Waals surface area contributed by atoms with Gasteiger partial charge in [0.1, 0.15) is 18.1 Å². The second kappa shape index (κ2) is 6.14. The number of nitrogens with one attached hydrogen (secondary N) is 1. The van der Waals surface area contributed by atoms with Crippen LogP contribution in [-0.4, -0.2) is 29.2 Å². The fourth-order valence-corrected chi connectivity index (χ4v) is 4.13. The lowest BCUT2D eigenvalue weighted by Crippen LogP contribution is -2.43. The summed E-state index contributed by atoms with van der Waals surface area (Å²) in [7, 11) is 0. The molecule has 22 heavy (non-hydrogen) atoms. The Hall–Kier alpha value is -1.18. The predicted molar refractivity (Wildman–Crippen MR) is 86.4 cm³/mol. The number of carboxylic acid groups (broad SMARTS) is 1. The van der Waals surface area contributed by atoms with E-state index in [1.165, 1.54) is 0 Å². The number of aliphatic carboxylic acids is 1. The van der Waals surface area contributed by atoms with Crippen molar-refractivity contribution >= 4 is 43.7 Å². The third-order valence-corrected chi connectivity index (χ3v) is 6.25. The number of carbonyl (C=O) groups is 2. The lowest BCUT2D eigenvalue weighted by molar-refractivity contribution is -0.146. The average molecular weight is 431 g/mol. The van der Waals surface area contributed by atoms with E-state index in [-0.39, 0.29) is 5.91 Å². The van der Waals surface area contributed by atoms with E-state index >= 15 is 0 Å². The van der Waals surface area contributed by atoms with Crippen molar-refractivity contribution in [2.45, 2.75) is 18.8 Å². The van der Waals surface area contributed by atoms with Crippen LogP contribution in [0.3, 0.4) is 0 Å². The molecule has 1 aromatic carbocycles. The van der Waals surface area contributed by atoms with Crippen molar-refractivity contribution in [3.05, 3.63) is 44.9 Å². The summed E-state index contributed by atoms with van der Waals surface area (Å²) in [6.45, 7) is 0.363. The average Bonchev–Trinajstić information content (AvgIpc) is 3.03. The largest absolute Gasteiger partial charge is 0.481 e. The van der Waals surface area contributed by atoms with Gasteiger partial charge in [-0.05, 0) is 5.56 Å². The van der Waals surface area contributed by atoms with Gasteiger partial charge in [-0.15, -0.1) is 0 Å². The maximum atomic E-state index is 12.5. The van der Waals surface area contributed by atoms with Gasteiger partial charge >= 0.3 is 5.97 Å². The van der Waals surface area contributed by atoms with Gasteiger partial charge in [0.2, 0.25) is 5.91 Å². The first kappa shape index (κ1) is 15.7. The maximum Gasteiger partial charge on any atom is 0.310 e. The van der Waals surface area contributed by atoms with Gasteiger partial charge in [0.15, 0.2) is 0 Å². The zero-order valence-electron chi connectivity index (χ0n) is 11.3. The first-order chi connectivity index (χ1) is 10.5. The highest BCUT2D eigenvalue weighted by Gasteiger charge is 2.58. The van der Waals surface area contributed by atoms with Crippen LogP contribution < -0.4 is 5.32 Å². The third kappa shape index (κ3) is 2.61. The molecular formula is C15H13Br2NO4. The number of halogens is 2. The maximum absolute atomic E-state index is 12.5. The summed E-state index contributed by atoms with van der Waals surface area (Å²) in [6, 6.07) is 9.48. The molecule has 0 aliphatic carbocycles. The molecule has 116 valence electrons. The van der Waals surface area contributed by atoms with E-state index in [1.54, 1.807) is 0 Å². The van der Waals surface area contributed by atoms with Crippen LogP contribution >= 0.6 is 31.9 Å². The molecule has 2 N–H and O–H groups in total. The van der Waals surface area contributed by atoms with Gasteiger partial charge < -0.3 is 15.2 Å². The van der Waals surface area contributed by atoms with Crippen LogP contribution in [0.2, 0.25) is 0 Å². The van der Waals surface area contributed by atoms with E-state index in [1.807, 2.05) is 30.3 Å². The van der Waals surface area contributed by atoms with Crippen molar-refractivity contribution in [3.8, 4) is 0 Å². The molecule has 0 radical (unpaired) electrons. The minimum atomic E-state index is -1.02. The second-order valence-electron chi connectivity index (χ2n) is 5.27. The van der Waals surface area contributed by atoms with Crippen LogP contribution in [0.5, 0.6) is 0 Å². The van der Waals surface area contributed by atoms with Gasteiger partial charge in [-0.25, -0.2) is 0 Å². The van der Waals surface area contributed by atoms with Gasteiger partial charge in [-0.1, -0.05) is 62.2 Å². The van der Waals surface area contributed by atoms with E-state index in [0.29, 0.717) is 11.0 Å². The molecule has 0 spiro atoms. The molecule has 7 heteroatoms. The molecule has 4 atom stereocenters. The van der Waals surface area contributed by atoms with Gasteiger partial charge in [0.05, 0.1) is 5.92 Å². The number of fused-ring (bicyclic) bond motifs is 2. The summed E-state index contributed by atoms with van der Waals surface area (Å²) >= 11 is 6.71. The van der Waals surface area contributed by atoms with Crippen LogP contribution in [0.1, 0.15) is 5.56 Å². The van der Waals surface area contributed by atoms with Crippen molar-refractivity contribution in [1.29, 1.82) is 0 Å². The molecular weight excluding hydrogens is 418 g/mol. The molecule has 0 unspecified atom stereocenters. The Labute approximate surface area is 144 Å². The van der Waals surface area contributed by atoms with Crippen LogP contribution in [0.25, 0.3) is 0 Å². The fourth-order valence-electron chi connectivity index (χ4n) is 2.90. The molecule has 1 saturated heterocycles. The number of hydrogen-bond donors (Lipinski definition) is 2. The van der Waals surface area contributed by atoms with Crippen LogP contribution in [-0.2, 0) is 20.9 Å². The molecule has 1 aromatic rings. The minimum Gasteiger partial charge on any atom is -0.481 e. The summed E-state index contributed by atoms with van der Waals surface area (Å²) in [5.74, 6) is -2.94. The molecule has 2 aliphatic heterocycles. The molecule has 2 aliphatic rings. The number of benzene rings is 1. The molecule has 2 heterocycles. The topological polar surface area (TPSA) is 75.6 Å². The smallest absolute Gasteiger partial charge is 0.310 e. The number of carbonyl (C=O) groups excluding carboxylic acids is 1. The summed E-state index contributed by atoms with van der Waals surface area (Å²) in [6.07, 6.45) is -1.15. The Balaban J connectivity index is 1.75. The van der Waals surface area contributed by atoms with Gasteiger partial charge in [-0.3, -0.25) is 9.59 Å². The van der Waals surface area contributed by atoms with Gasteiger partial charge in [0.25, 0.3) is 0 Å². The van der Waals surface area contributed by atoms with Crippen molar-refractivity contribution in [1.82, 2.24) is 5.32 Å². The zero-order valence-corrected chi connectivity index (χ0v) is 14.5. The normalized spacial score (nSPS) is 29.7. The highest BCUT2D eigenvalue weighted by atomic mass is 79.9. The molecule has 0 saturated carbocycles. The molecule has 0 aromatic heterocycles. The van der Waals surface area contributed by atoms with Crippen molar-refractivity contribution in [2.24, 2.45) is 11.8 Å². The Kier molecular flexibility index (Phi) is 4.38. The number of hydrogen-bond acceptors (Lipinski definition) is 3. The van der Waals surface area contributed by atoms with E-state index in [9.17, 15) is 14.7 Å². The number of rotatable bonds is 4. The Bertz CT molecular complexity index is 646. The highest BCUT2D eigenvalue weighted by Crippen LogP contribution is 2.51. The number of amides is 1. The first-order valence-electron chi connectivity index (χ1n) is 6.75. The Morgan fingerprint density at radius 2 is 1.68 bits per heavy atom. The minimum absolute atomic E-state index is 0.305. The van der Waals surface area contributed by atoms with Crippen molar-refractivity contribution < 1.29 is 19.4 Å². The molecule has 2 bridgehead atoms. The number of carboxylic acids is 1. The Morgan fingerprint density at radius 1 is 1.09 bits per heavy atom. The summed E-state index contributed by atoms with van der Waals surface area (Å²) in [4.78, 5) is 24.0. The fraction of sp³-hybridized carbons (Fsp3) is 0.333. The number of ether oxygens (including phenoxy) is 1. The lowest BCUT2D eigenvalue weighted by atomic mass is 9.82. The quantitative estimate of drug-likeness (QED) is 0.769. The second-order valence-corrected chi connectivity index (χ2v) is 6.98. The molecule has 1 amide bonds. The molecule has 3 rings (SSSR count). The van der Waals surface area contributed by atoms with Gasteiger partial charge in [0, 0.05) is 15.5 Å². The third-order valence-electron chi connectivity index (χ3n) is 3.96. The van der Waals surface area contributed by atoms with Crippen molar-refractivity contribution in [2.75, 3.05) is 0 Å². The van der Waals surface area contributed by atoms with E-state index in [2.05, 4.69) is 37.2 Å². The predicted octanol–water partition coefficient (Wildman–Crippen LogP) is 2.40. The van der Waals surface area contributed by atoms with Crippen molar-refractivity contribution in [3.63, 3.8) is 0 Å². The molecule has 1 fully saturated rings. The Morgan fingerprint density at radius 3 is 2.27 bits per heavy atom. The summed E-state index contributed by atoms with van der Waals surface area (Å²) in [5.41, 5.74) is 0.961.